The van der Waals surface area contributed by atoms with Crippen molar-refractivity contribution in [3.05, 3.63) is 45.0 Å². The molecule has 2 rings (SSSR count). The van der Waals surface area contributed by atoms with E-state index in [4.69, 9.17) is 11.6 Å². The van der Waals surface area contributed by atoms with Gasteiger partial charge in [-0.15, -0.1) is 0 Å². The van der Waals surface area contributed by atoms with Crippen LogP contribution in [0.1, 0.15) is 5.56 Å². The number of benzene rings is 1. The second-order valence-corrected chi connectivity index (χ2v) is 4.06. The number of rotatable bonds is 1. The second kappa shape index (κ2) is 3.79. The Morgan fingerprint density at radius 2 is 2.06 bits per heavy atom. The van der Waals surface area contributed by atoms with Crippen LogP contribution < -0.4 is 5.56 Å². The van der Waals surface area contributed by atoms with Gasteiger partial charge in [-0.2, -0.15) is 0 Å². The molecule has 0 unspecified atom stereocenters. The summed E-state index contributed by atoms with van der Waals surface area (Å²) < 4.78 is 14.9. The van der Waals surface area contributed by atoms with Crippen LogP contribution in [-0.4, -0.2) is 9.78 Å². The van der Waals surface area contributed by atoms with Crippen molar-refractivity contribution in [2.45, 2.75) is 6.92 Å². The number of hydrogen-bond donors (Lipinski definition) is 1. The molecule has 0 spiro atoms. The molecule has 0 aliphatic rings. The van der Waals surface area contributed by atoms with Crippen molar-refractivity contribution in [1.82, 2.24) is 9.78 Å². The van der Waals surface area contributed by atoms with Crippen LogP contribution in [0, 0.1) is 12.7 Å². The summed E-state index contributed by atoms with van der Waals surface area (Å²) in [5, 5.41) is 3.14. The van der Waals surface area contributed by atoms with Crippen LogP contribution in [0.5, 0.6) is 0 Å². The molecule has 1 aromatic heterocycles. The Kier molecular flexibility index (Phi) is 2.59. The van der Waals surface area contributed by atoms with Crippen LogP contribution in [0.25, 0.3) is 11.3 Å². The van der Waals surface area contributed by atoms with E-state index in [1.807, 2.05) is 0 Å². The quantitative estimate of drug-likeness (QED) is 0.817. The van der Waals surface area contributed by atoms with Crippen LogP contribution in [0.3, 0.4) is 0 Å². The third-order valence-corrected chi connectivity index (χ3v) is 2.83. The third kappa shape index (κ3) is 1.76. The summed E-state index contributed by atoms with van der Waals surface area (Å²) in [6, 6.07) is 4.21. The van der Waals surface area contributed by atoms with E-state index in [-0.39, 0.29) is 5.56 Å². The Morgan fingerprint density at radius 1 is 1.38 bits per heavy atom. The van der Waals surface area contributed by atoms with Gasteiger partial charge in [0.15, 0.2) is 0 Å². The Hall–Kier alpha value is -1.55. The van der Waals surface area contributed by atoms with E-state index in [2.05, 4.69) is 5.10 Å². The average Bonchev–Trinajstić information content (AvgIpc) is 2.53. The van der Waals surface area contributed by atoms with Gasteiger partial charge in [0.1, 0.15) is 5.82 Å². The molecule has 1 N–H and O–H groups in total. The Morgan fingerprint density at radius 3 is 2.62 bits per heavy atom. The average molecular weight is 241 g/mol. The van der Waals surface area contributed by atoms with Crippen molar-refractivity contribution in [1.29, 1.82) is 0 Å². The van der Waals surface area contributed by atoms with E-state index >= 15 is 0 Å². The van der Waals surface area contributed by atoms with Crippen molar-refractivity contribution in [2.24, 2.45) is 7.05 Å². The summed E-state index contributed by atoms with van der Waals surface area (Å²) >= 11 is 5.79. The zero-order chi connectivity index (χ0) is 11.9. The fourth-order valence-corrected chi connectivity index (χ4v) is 1.64. The van der Waals surface area contributed by atoms with Crippen molar-refractivity contribution in [3.63, 3.8) is 0 Å². The van der Waals surface area contributed by atoms with E-state index in [0.29, 0.717) is 16.3 Å². The molecule has 3 nitrogen and oxygen atoms in total. The van der Waals surface area contributed by atoms with E-state index in [1.54, 1.807) is 20.0 Å². The van der Waals surface area contributed by atoms with E-state index in [0.717, 1.165) is 5.56 Å². The molecule has 2 aromatic rings. The summed E-state index contributed by atoms with van der Waals surface area (Å²) in [5.41, 5.74) is 1.36. The molecule has 1 heterocycles. The maximum Gasteiger partial charge on any atom is 0.266 e. The minimum Gasteiger partial charge on any atom is -0.295 e. The van der Waals surface area contributed by atoms with Crippen LogP contribution >= 0.6 is 11.6 Å². The Labute approximate surface area is 96.5 Å². The van der Waals surface area contributed by atoms with Crippen LogP contribution in [0.2, 0.25) is 5.02 Å². The molecule has 0 fully saturated rings. The lowest BCUT2D eigenvalue weighted by Crippen LogP contribution is -2.09. The lowest BCUT2D eigenvalue weighted by Gasteiger charge is -2.04. The number of nitrogens with one attached hydrogen (secondary N) is 1. The number of H-pyrrole nitrogens is 1. The highest BCUT2D eigenvalue weighted by atomic mass is 35.5. The second-order valence-electron chi connectivity index (χ2n) is 3.65. The minimum absolute atomic E-state index is 0.206. The SMILES string of the molecule is Cc1cc(-c2cc(=O)n(C)[nH]2)c(F)cc1Cl. The fraction of sp³-hybridized carbons (Fsp3) is 0.182. The van der Waals surface area contributed by atoms with Crippen LogP contribution in [0.15, 0.2) is 23.0 Å². The summed E-state index contributed by atoms with van der Waals surface area (Å²) in [5.74, 6) is -0.447. The van der Waals surface area contributed by atoms with Gasteiger partial charge in [-0.1, -0.05) is 11.6 Å². The highest BCUT2D eigenvalue weighted by molar-refractivity contribution is 6.31. The fourth-order valence-electron chi connectivity index (χ4n) is 1.49. The first-order valence-electron chi connectivity index (χ1n) is 4.71. The predicted octanol–water partition coefficient (Wildman–Crippen LogP) is 2.48. The molecule has 16 heavy (non-hydrogen) atoms. The van der Waals surface area contributed by atoms with E-state index < -0.39 is 5.82 Å². The molecule has 0 aliphatic heterocycles. The van der Waals surface area contributed by atoms with Gasteiger partial charge in [-0.3, -0.25) is 14.6 Å². The zero-order valence-corrected chi connectivity index (χ0v) is 9.60. The van der Waals surface area contributed by atoms with Crippen LogP contribution in [-0.2, 0) is 7.05 Å². The smallest absolute Gasteiger partial charge is 0.266 e. The number of halogens is 2. The number of nitrogens with zero attached hydrogens (tertiary/aromatic N) is 1. The maximum atomic E-state index is 13.6. The molecule has 0 saturated heterocycles. The molecule has 0 saturated carbocycles. The summed E-state index contributed by atoms with van der Waals surface area (Å²) in [7, 11) is 1.58. The number of aromatic amines is 1. The van der Waals surface area contributed by atoms with Gasteiger partial charge in [0.25, 0.3) is 5.56 Å². The molecule has 5 heteroatoms. The highest BCUT2D eigenvalue weighted by Crippen LogP contribution is 2.26. The molecule has 1 aromatic carbocycles. The van der Waals surface area contributed by atoms with Gasteiger partial charge in [0, 0.05) is 23.7 Å². The lowest BCUT2D eigenvalue weighted by atomic mass is 10.1. The van der Waals surface area contributed by atoms with Crippen molar-refractivity contribution < 1.29 is 4.39 Å². The van der Waals surface area contributed by atoms with Gasteiger partial charge < -0.3 is 0 Å². The Bertz CT molecular complexity index is 601. The first-order valence-corrected chi connectivity index (χ1v) is 5.09. The summed E-state index contributed by atoms with van der Waals surface area (Å²) in [6.45, 7) is 1.78. The molecule has 0 aliphatic carbocycles. The first kappa shape index (κ1) is 11.0. The molecular weight excluding hydrogens is 231 g/mol. The highest BCUT2D eigenvalue weighted by Gasteiger charge is 2.10. The van der Waals surface area contributed by atoms with E-state index in [9.17, 15) is 9.18 Å². The minimum atomic E-state index is -0.447. The molecule has 0 atom stereocenters. The number of hydrogen-bond acceptors (Lipinski definition) is 1. The van der Waals surface area contributed by atoms with E-state index in [1.165, 1.54) is 16.8 Å². The first-order chi connectivity index (χ1) is 7.49. The zero-order valence-electron chi connectivity index (χ0n) is 8.84. The lowest BCUT2D eigenvalue weighted by molar-refractivity contribution is 0.629. The van der Waals surface area contributed by atoms with Gasteiger partial charge in [-0.25, -0.2) is 4.39 Å². The van der Waals surface area contributed by atoms with Crippen molar-refractivity contribution >= 4 is 11.6 Å². The van der Waals surface area contributed by atoms with Gasteiger partial charge in [-0.05, 0) is 24.6 Å². The summed E-state index contributed by atoms with van der Waals surface area (Å²) in [4.78, 5) is 11.3. The van der Waals surface area contributed by atoms with Crippen LogP contribution in [0.4, 0.5) is 4.39 Å². The normalized spacial score (nSPS) is 10.8. The standard InChI is InChI=1S/C11H10ClFN2O/c1-6-3-7(9(13)4-8(6)12)10-5-11(16)15(2)14-10/h3-5,14H,1-2H3. The molecular formula is C11H10ClFN2O. The molecule has 0 radical (unpaired) electrons. The Balaban J connectivity index is 2.64. The van der Waals surface area contributed by atoms with Gasteiger partial charge in [0.05, 0.1) is 5.69 Å². The molecule has 0 amide bonds. The predicted molar refractivity (Wildman–Crippen MR) is 61.2 cm³/mol. The number of aryl methyl sites for hydroxylation is 2. The van der Waals surface area contributed by atoms with Gasteiger partial charge >= 0.3 is 0 Å². The maximum absolute atomic E-state index is 13.6. The van der Waals surface area contributed by atoms with Gasteiger partial charge in [0.2, 0.25) is 0 Å². The molecule has 84 valence electrons. The molecule has 0 bridgehead atoms. The largest absolute Gasteiger partial charge is 0.295 e. The summed E-state index contributed by atoms with van der Waals surface area (Å²) in [6.07, 6.45) is 0. The van der Waals surface area contributed by atoms with Crippen molar-refractivity contribution in [3.8, 4) is 11.3 Å². The third-order valence-electron chi connectivity index (χ3n) is 2.43. The van der Waals surface area contributed by atoms with Crippen molar-refractivity contribution in [2.75, 3.05) is 0 Å². The monoisotopic (exact) mass is 240 g/mol. The topological polar surface area (TPSA) is 37.8 Å². The number of aromatic nitrogens is 2.